The van der Waals surface area contributed by atoms with Crippen LogP contribution in [-0.4, -0.2) is 42.7 Å². The van der Waals surface area contributed by atoms with Crippen LogP contribution in [0.3, 0.4) is 0 Å². The molecule has 1 fully saturated rings. The van der Waals surface area contributed by atoms with Crippen LogP contribution in [0.15, 0.2) is 18.2 Å². The molecule has 4 atom stereocenters. The van der Waals surface area contributed by atoms with E-state index >= 15 is 0 Å². The van der Waals surface area contributed by atoms with Crippen molar-refractivity contribution >= 4 is 24.0 Å². The van der Waals surface area contributed by atoms with Crippen LogP contribution in [0.5, 0.6) is 5.75 Å². The molecule has 3 rings (SSSR count). The number of phenolic OH excluding ortho intramolecular Hbond substituents is 1. The first-order valence-corrected chi connectivity index (χ1v) is 6.57. The molecule has 6 N–H and O–H groups in total. The number of nitrogens with one attached hydrogen (secondary N) is 1. The van der Waals surface area contributed by atoms with Crippen molar-refractivity contribution in [2.45, 2.75) is 24.4 Å². The highest BCUT2D eigenvalue weighted by Gasteiger charge is 2.52. The van der Waals surface area contributed by atoms with Crippen molar-refractivity contribution in [3.8, 4) is 5.75 Å². The molecule has 1 aliphatic carbocycles. The summed E-state index contributed by atoms with van der Waals surface area (Å²) in [5.41, 5.74) is 8.37. The van der Waals surface area contributed by atoms with Gasteiger partial charge >= 0.3 is 0 Å². The molecule has 1 heterocycles. The van der Waals surface area contributed by atoms with Gasteiger partial charge in [-0.25, -0.2) is 0 Å². The first-order valence-electron chi connectivity index (χ1n) is 6.57. The number of phenols is 1. The third-order valence-corrected chi connectivity index (χ3v) is 4.55. The highest BCUT2D eigenvalue weighted by atomic mass is 35.5. The van der Waals surface area contributed by atoms with Gasteiger partial charge in [0.15, 0.2) is 0 Å². The summed E-state index contributed by atoms with van der Waals surface area (Å²) < 4.78 is 0. The Bertz CT molecular complexity index is 540. The van der Waals surface area contributed by atoms with E-state index in [1.807, 2.05) is 13.1 Å². The summed E-state index contributed by atoms with van der Waals surface area (Å²) in [6.45, 7) is 0. The van der Waals surface area contributed by atoms with E-state index in [9.17, 15) is 9.90 Å². The number of aromatic hydroxyl groups is 1. The van der Waals surface area contributed by atoms with Gasteiger partial charge in [-0.05, 0) is 30.2 Å². The molecule has 1 amide bonds. The van der Waals surface area contributed by atoms with Gasteiger partial charge in [0.05, 0.1) is 5.92 Å². The van der Waals surface area contributed by atoms with Crippen LogP contribution in [0.4, 0.5) is 5.69 Å². The highest BCUT2D eigenvalue weighted by Crippen LogP contribution is 2.51. The number of anilines is 1. The van der Waals surface area contributed by atoms with Crippen molar-refractivity contribution in [3.05, 3.63) is 23.8 Å². The molecule has 0 spiro atoms. The lowest BCUT2D eigenvalue weighted by atomic mass is 9.93. The Balaban J connectivity index is 0.00000110. The lowest BCUT2D eigenvalue weighted by Crippen LogP contribution is -2.41. The lowest BCUT2D eigenvalue weighted by Gasteiger charge is -2.26. The summed E-state index contributed by atoms with van der Waals surface area (Å²) >= 11 is 0. The molecular formula is C14H22ClN3O3. The van der Waals surface area contributed by atoms with E-state index < -0.39 is 0 Å². The zero-order chi connectivity index (χ0) is 13.7. The molecule has 0 bridgehead atoms. The molecule has 1 aliphatic heterocycles. The van der Waals surface area contributed by atoms with Crippen LogP contribution in [0.25, 0.3) is 0 Å². The predicted octanol–water partition coefficient (Wildman–Crippen LogP) is -0.0155. The smallest absolute Gasteiger partial charge is 0.225 e. The van der Waals surface area contributed by atoms with Crippen molar-refractivity contribution < 1.29 is 15.4 Å². The van der Waals surface area contributed by atoms with E-state index in [-0.39, 0.29) is 53.5 Å². The Kier molecular flexibility index (Phi) is 5.09. The van der Waals surface area contributed by atoms with Crippen LogP contribution in [-0.2, 0) is 4.79 Å². The largest absolute Gasteiger partial charge is 0.508 e. The molecule has 0 aromatic heterocycles. The number of amides is 1. The van der Waals surface area contributed by atoms with E-state index in [1.54, 1.807) is 19.2 Å². The van der Waals surface area contributed by atoms with Crippen LogP contribution < -0.4 is 16.0 Å². The van der Waals surface area contributed by atoms with E-state index in [2.05, 4.69) is 10.2 Å². The molecule has 7 heteroatoms. The Hall–Kier alpha value is -1.50. The van der Waals surface area contributed by atoms with E-state index in [0.717, 1.165) is 11.3 Å². The van der Waals surface area contributed by atoms with Gasteiger partial charge in [0.2, 0.25) is 5.91 Å². The second kappa shape index (κ2) is 6.09. The van der Waals surface area contributed by atoms with Gasteiger partial charge in [-0.2, -0.15) is 0 Å². The second-order valence-electron chi connectivity index (χ2n) is 5.49. The van der Waals surface area contributed by atoms with E-state index in [4.69, 9.17) is 5.73 Å². The van der Waals surface area contributed by atoms with Gasteiger partial charge in [0.1, 0.15) is 5.75 Å². The number of carbonyl (C=O) groups is 1. The number of hydrogen-bond acceptors (Lipinski definition) is 4. The van der Waals surface area contributed by atoms with Gasteiger partial charge in [0.25, 0.3) is 0 Å². The average molecular weight is 316 g/mol. The minimum Gasteiger partial charge on any atom is -0.508 e. The standard InChI is InChI=1S/C14H19N3O2.ClH.H2O/c1-16-14(19)9-6-10(15)12-8-5-7(18)3-4-11(8)17(2)13(9)12;;/h3-5,9-10,12-13,18H,6,15H2,1-2H3,(H,16,19);1H;1H2. The van der Waals surface area contributed by atoms with Crippen LogP contribution >= 0.6 is 12.4 Å². The predicted molar refractivity (Wildman–Crippen MR) is 84.0 cm³/mol. The summed E-state index contributed by atoms with van der Waals surface area (Å²) in [5.74, 6) is 0.328. The monoisotopic (exact) mass is 315 g/mol. The number of nitrogens with two attached hydrogens (primary N) is 1. The maximum Gasteiger partial charge on any atom is 0.225 e. The van der Waals surface area contributed by atoms with Crippen LogP contribution in [0.1, 0.15) is 17.9 Å². The maximum atomic E-state index is 12.0. The third kappa shape index (κ3) is 2.43. The Morgan fingerprint density at radius 2 is 2.14 bits per heavy atom. The zero-order valence-electron chi connectivity index (χ0n) is 12.0. The lowest BCUT2D eigenvalue weighted by molar-refractivity contribution is -0.124. The zero-order valence-corrected chi connectivity index (χ0v) is 12.9. The highest BCUT2D eigenvalue weighted by molar-refractivity contribution is 5.85. The molecule has 1 aromatic rings. The Morgan fingerprint density at radius 1 is 1.48 bits per heavy atom. The van der Waals surface area contributed by atoms with E-state index in [1.165, 1.54) is 0 Å². The fourth-order valence-corrected chi connectivity index (χ4v) is 3.75. The van der Waals surface area contributed by atoms with Gasteiger partial charge in [-0.1, -0.05) is 0 Å². The average Bonchev–Trinajstić information content (AvgIpc) is 2.87. The number of benzene rings is 1. The molecule has 1 saturated carbocycles. The summed E-state index contributed by atoms with van der Waals surface area (Å²) in [5, 5.41) is 12.4. The quantitative estimate of drug-likeness (QED) is 0.676. The Morgan fingerprint density at radius 3 is 2.76 bits per heavy atom. The molecule has 0 radical (unpaired) electrons. The summed E-state index contributed by atoms with van der Waals surface area (Å²) in [6, 6.07) is 5.40. The normalized spacial score (nSPS) is 29.0. The number of fused-ring (bicyclic) bond motifs is 3. The van der Waals surface area contributed by atoms with Crippen molar-refractivity contribution in [1.29, 1.82) is 0 Å². The van der Waals surface area contributed by atoms with Crippen molar-refractivity contribution in [2.75, 3.05) is 19.0 Å². The second-order valence-corrected chi connectivity index (χ2v) is 5.49. The molecule has 118 valence electrons. The van der Waals surface area contributed by atoms with Crippen molar-refractivity contribution in [2.24, 2.45) is 11.7 Å². The third-order valence-electron chi connectivity index (χ3n) is 4.55. The van der Waals surface area contributed by atoms with Crippen molar-refractivity contribution in [3.63, 3.8) is 0 Å². The minimum absolute atomic E-state index is 0. The Labute approximate surface area is 130 Å². The number of rotatable bonds is 1. The topological polar surface area (TPSA) is 110 Å². The fourth-order valence-electron chi connectivity index (χ4n) is 3.75. The molecule has 4 unspecified atom stereocenters. The minimum atomic E-state index is -0.0930. The number of nitrogens with zero attached hydrogens (tertiary/aromatic N) is 1. The SMILES string of the molecule is CNC(=O)C1CC(N)C2c3cc(O)ccc3N(C)C12.Cl.O. The fraction of sp³-hybridized carbons (Fsp3) is 0.500. The number of halogens is 1. The van der Waals surface area contributed by atoms with E-state index in [0.29, 0.717) is 6.42 Å². The van der Waals surface area contributed by atoms with Crippen LogP contribution in [0, 0.1) is 5.92 Å². The molecule has 2 aliphatic rings. The molecular weight excluding hydrogens is 294 g/mol. The molecule has 21 heavy (non-hydrogen) atoms. The molecule has 1 aromatic carbocycles. The van der Waals surface area contributed by atoms with Crippen molar-refractivity contribution in [1.82, 2.24) is 5.32 Å². The van der Waals surface area contributed by atoms with Gasteiger partial charge < -0.3 is 26.5 Å². The first kappa shape index (κ1) is 17.6. The first-order chi connectivity index (χ1) is 9.04. The van der Waals surface area contributed by atoms with Gasteiger partial charge in [-0.15, -0.1) is 12.4 Å². The van der Waals surface area contributed by atoms with Gasteiger partial charge in [-0.3, -0.25) is 4.79 Å². The summed E-state index contributed by atoms with van der Waals surface area (Å²) in [6.07, 6.45) is 0.689. The number of hydrogen-bond donors (Lipinski definition) is 3. The number of likely N-dealkylation sites (N-methyl/N-ethyl adjacent to an activating group) is 1. The molecule has 6 nitrogen and oxygen atoms in total. The number of carbonyl (C=O) groups excluding carboxylic acids is 1. The van der Waals surface area contributed by atoms with Crippen LogP contribution in [0.2, 0.25) is 0 Å². The van der Waals surface area contributed by atoms with Gasteiger partial charge in [0, 0.05) is 37.8 Å². The summed E-state index contributed by atoms with van der Waals surface area (Å²) in [4.78, 5) is 14.2. The maximum absolute atomic E-state index is 12.0. The summed E-state index contributed by atoms with van der Waals surface area (Å²) in [7, 11) is 3.66. The molecule has 0 saturated heterocycles.